The molecule has 1 saturated heterocycles. The van der Waals surface area contributed by atoms with Gasteiger partial charge in [-0.3, -0.25) is 9.69 Å². The summed E-state index contributed by atoms with van der Waals surface area (Å²) in [6.45, 7) is 1.56. The van der Waals surface area contributed by atoms with E-state index in [0.29, 0.717) is 35.1 Å². The Balaban J connectivity index is 1.38. The monoisotopic (exact) mass is 532 g/mol. The van der Waals surface area contributed by atoms with Crippen LogP contribution in [0.1, 0.15) is 43.0 Å². The summed E-state index contributed by atoms with van der Waals surface area (Å²) in [5.41, 5.74) is 1.39. The highest BCUT2D eigenvalue weighted by Gasteiger charge is 2.40. The van der Waals surface area contributed by atoms with Gasteiger partial charge in [-0.15, -0.1) is 0 Å². The first-order valence-electron chi connectivity index (χ1n) is 12.8. The summed E-state index contributed by atoms with van der Waals surface area (Å²) < 4.78 is 61.6. The minimum Gasteiger partial charge on any atom is -0.496 e. The molecule has 38 heavy (non-hydrogen) atoms. The topological polar surface area (TPSA) is 73.2 Å². The van der Waals surface area contributed by atoms with Crippen LogP contribution in [0, 0.1) is 0 Å². The van der Waals surface area contributed by atoms with Crippen molar-refractivity contribution in [1.29, 1.82) is 0 Å². The van der Waals surface area contributed by atoms with E-state index in [1.807, 2.05) is 12.1 Å². The summed E-state index contributed by atoms with van der Waals surface area (Å²) in [6.07, 6.45) is 4.23. The second-order valence-electron chi connectivity index (χ2n) is 9.80. The summed E-state index contributed by atoms with van der Waals surface area (Å²) in [4.78, 5) is 15.2. The van der Waals surface area contributed by atoms with Crippen LogP contribution >= 0.6 is 0 Å². The van der Waals surface area contributed by atoms with Crippen molar-refractivity contribution in [2.45, 2.75) is 57.5 Å². The number of piperidine rings is 1. The Hall–Kier alpha value is -3.40. The highest BCUT2D eigenvalue weighted by Crippen LogP contribution is 2.40. The maximum absolute atomic E-state index is 13.3. The van der Waals surface area contributed by atoms with Crippen LogP contribution in [0.4, 0.5) is 13.2 Å². The molecule has 2 aliphatic rings. The number of hydrogen-bond acceptors (Lipinski definition) is 6. The Kier molecular flexibility index (Phi) is 7.69. The average molecular weight is 533 g/mol. The molecule has 1 amide bonds. The van der Waals surface area contributed by atoms with Crippen LogP contribution < -0.4 is 19.5 Å². The minimum absolute atomic E-state index is 0.0213. The molecule has 3 atom stereocenters. The number of halogens is 3. The molecule has 2 aromatic carbocycles. The van der Waals surface area contributed by atoms with E-state index in [9.17, 15) is 18.0 Å². The molecule has 7 nitrogen and oxygen atoms in total. The molecular formula is C28H31F3N2O5. The van der Waals surface area contributed by atoms with Gasteiger partial charge in [-0.1, -0.05) is 6.42 Å². The van der Waals surface area contributed by atoms with Gasteiger partial charge in [0.05, 0.1) is 19.4 Å². The lowest BCUT2D eigenvalue weighted by Gasteiger charge is -2.33. The molecule has 0 radical (unpaired) electrons. The number of carbonyl (C=O) groups excluding carboxylic acids is 1. The third kappa shape index (κ3) is 5.70. The number of methoxy groups -OCH3 is 1. The van der Waals surface area contributed by atoms with Crippen molar-refractivity contribution in [3.63, 3.8) is 0 Å². The van der Waals surface area contributed by atoms with E-state index in [4.69, 9.17) is 13.9 Å². The van der Waals surface area contributed by atoms with Crippen molar-refractivity contribution in [2.75, 3.05) is 26.8 Å². The molecule has 1 saturated carbocycles. The number of carbonyl (C=O) groups is 1. The van der Waals surface area contributed by atoms with Gasteiger partial charge < -0.3 is 23.9 Å². The zero-order valence-electron chi connectivity index (χ0n) is 21.3. The Labute approximate surface area is 218 Å². The largest absolute Gasteiger partial charge is 0.496 e. The predicted molar refractivity (Wildman–Crippen MR) is 136 cm³/mol. The van der Waals surface area contributed by atoms with E-state index >= 15 is 0 Å². The zero-order valence-corrected chi connectivity index (χ0v) is 21.3. The fourth-order valence-electron chi connectivity index (χ4n) is 4.97. The van der Waals surface area contributed by atoms with E-state index in [2.05, 4.69) is 21.9 Å². The van der Waals surface area contributed by atoms with Gasteiger partial charge in [0.15, 0.2) is 0 Å². The second kappa shape index (κ2) is 11.1. The Morgan fingerprint density at radius 1 is 1.21 bits per heavy atom. The molecular weight excluding hydrogens is 501 g/mol. The zero-order chi connectivity index (χ0) is 26.8. The molecule has 3 aromatic rings. The van der Waals surface area contributed by atoms with Crippen LogP contribution in [-0.4, -0.2) is 62.5 Å². The maximum Gasteiger partial charge on any atom is 0.387 e. The van der Waals surface area contributed by atoms with Gasteiger partial charge in [0.2, 0.25) is 0 Å². The van der Waals surface area contributed by atoms with Crippen molar-refractivity contribution < 1.29 is 36.6 Å². The first kappa shape index (κ1) is 26.2. The maximum atomic E-state index is 13.3. The molecule has 1 N–H and O–H groups in total. The van der Waals surface area contributed by atoms with Crippen LogP contribution in [0.3, 0.4) is 0 Å². The number of nitrogens with one attached hydrogen (secondary N) is 1. The first-order chi connectivity index (χ1) is 18.3. The van der Waals surface area contributed by atoms with Gasteiger partial charge in [-0.2, -0.15) is 8.78 Å². The third-order valence-corrected chi connectivity index (χ3v) is 7.20. The van der Waals surface area contributed by atoms with E-state index in [1.54, 1.807) is 12.1 Å². The Bertz CT molecular complexity index is 1300. The summed E-state index contributed by atoms with van der Waals surface area (Å²) in [7, 11) is 1.32. The van der Waals surface area contributed by atoms with Crippen LogP contribution in [0.5, 0.6) is 17.2 Å². The van der Waals surface area contributed by atoms with Gasteiger partial charge in [-0.05, 0) is 56.1 Å². The quantitative estimate of drug-likeness (QED) is 0.356. The number of rotatable bonds is 10. The van der Waals surface area contributed by atoms with Crippen LogP contribution in [0.2, 0.25) is 0 Å². The summed E-state index contributed by atoms with van der Waals surface area (Å²) >= 11 is 0. The molecule has 5 rings (SSSR count). The molecule has 10 heteroatoms. The molecule has 0 bridgehead atoms. The molecule has 0 unspecified atom stereocenters. The van der Waals surface area contributed by atoms with Crippen molar-refractivity contribution in [3.8, 4) is 28.4 Å². The number of alkyl halides is 3. The number of likely N-dealkylation sites (tertiary alicyclic amines) is 1. The fraction of sp³-hybridized carbons (Fsp3) is 0.464. The molecule has 0 spiro atoms. The smallest absolute Gasteiger partial charge is 0.387 e. The van der Waals surface area contributed by atoms with Gasteiger partial charge in [0.25, 0.3) is 5.91 Å². The van der Waals surface area contributed by atoms with Crippen LogP contribution in [0.15, 0.2) is 41.0 Å². The summed E-state index contributed by atoms with van der Waals surface area (Å²) in [5.74, 6) is -0.426. The van der Waals surface area contributed by atoms with Crippen molar-refractivity contribution in [1.82, 2.24) is 10.2 Å². The first-order valence-corrected chi connectivity index (χ1v) is 12.8. The van der Waals surface area contributed by atoms with Crippen LogP contribution in [0.25, 0.3) is 22.1 Å². The predicted octanol–water partition coefficient (Wildman–Crippen LogP) is 5.80. The second-order valence-corrected chi connectivity index (χ2v) is 9.80. The lowest BCUT2D eigenvalue weighted by Crippen LogP contribution is -2.39. The number of furan rings is 1. The lowest BCUT2D eigenvalue weighted by molar-refractivity contribution is -0.0502. The number of amides is 1. The Morgan fingerprint density at radius 2 is 2.00 bits per heavy atom. The van der Waals surface area contributed by atoms with Gasteiger partial charge >= 0.3 is 6.61 Å². The van der Waals surface area contributed by atoms with E-state index in [0.717, 1.165) is 18.5 Å². The van der Waals surface area contributed by atoms with Crippen molar-refractivity contribution in [2.24, 2.45) is 0 Å². The van der Waals surface area contributed by atoms with Crippen molar-refractivity contribution in [3.05, 3.63) is 42.2 Å². The number of nitrogens with zero attached hydrogens (tertiary/aromatic N) is 1. The minimum atomic E-state index is -3.18. The Morgan fingerprint density at radius 3 is 2.71 bits per heavy atom. The SMILES string of the molecule is COc1cc(-c2coc3cc(OCCN4CCCC[C@H]4C)ccc23)cc(OC(F)F)c1C(=O)N[C@@H]1C[C@@H]1F. The summed E-state index contributed by atoms with van der Waals surface area (Å²) in [6, 6.07) is 8.24. The summed E-state index contributed by atoms with van der Waals surface area (Å²) in [5, 5.41) is 3.21. The fourth-order valence-corrected chi connectivity index (χ4v) is 4.97. The van der Waals surface area contributed by atoms with Gasteiger partial charge in [0, 0.05) is 36.0 Å². The number of hydrogen-bond donors (Lipinski definition) is 1. The number of benzene rings is 2. The number of fused-ring (bicyclic) bond motifs is 1. The van der Waals surface area contributed by atoms with Crippen LogP contribution in [-0.2, 0) is 0 Å². The highest BCUT2D eigenvalue weighted by molar-refractivity contribution is 6.02. The van der Waals surface area contributed by atoms with Crippen molar-refractivity contribution >= 4 is 16.9 Å². The molecule has 2 fully saturated rings. The van der Waals surface area contributed by atoms with Gasteiger partial charge in [-0.25, -0.2) is 4.39 Å². The molecule has 1 aliphatic carbocycles. The number of ether oxygens (including phenoxy) is 3. The highest BCUT2D eigenvalue weighted by atomic mass is 19.3. The standard InChI is InChI=1S/C28H31F3N2O5/c1-16-5-3-4-8-33(16)9-10-36-18-6-7-19-20(15-37-23(19)13-18)17-11-24(35-2)26(25(12-17)38-28(30)31)27(34)32-22-14-21(22)29/h6-7,11-13,15-16,21-22,28H,3-5,8-10,14H2,1-2H3,(H,32,34)/t16-,21+,22-/m1/s1. The average Bonchev–Trinajstić information content (AvgIpc) is 3.41. The molecule has 1 aromatic heterocycles. The van der Waals surface area contributed by atoms with E-state index in [1.165, 1.54) is 38.7 Å². The third-order valence-electron chi connectivity index (χ3n) is 7.20. The molecule has 2 heterocycles. The molecule has 204 valence electrons. The van der Waals surface area contributed by atoms with E-state index < -0.39 is 24.7 Å². The normalized spacial score (nSPS) is 21.5. The molecule has 1 aliphatic heterocycles. The van der Waals surface area contributed by atoms with Gasteiger partial charge in [0.1, 0.15) is 41.2 Å². The lowest BCUT2D eigenvalue weighted by atomic mass is 10.0. The van der Waals surface area contributed by atoms with E-state index in [-0.39, 0.29) is 23.5 Å².